The highest BCUT2D eigenvalue weighted by molar-refractivity contribution is 7.85. The first-order chi connectivity index (χ1) is 10.1. The molecule has 4 amide bonds. The summed E-state index contributed by atoms with van der Waals surface area (Å²) < 4.78 is 29.2. The van der Waals surface area contributed by atoms with Gasteiger partial charge < -0.3 is 9.80 Å². The Morgan fingerprint density at radius 3 is 1.50 bits per heavy atom. The van der Waals surface area contributed by atoms with E-state index in [-0.39, 0.29) is 4.90 Å². The molecule has 0 atom stereocenters. The van der Waals surface area contributed by atoms with Crippen molar-refractivity contribution < 1.29 is 22.6 Å². The van der Waals surface area contributed by atoms with Crippen LogP contribution in [0.25, 0.3) is 0 Å². The maximum Gasteiger partial charge on any atom is 0.361 e. The van der Waals surface area contributed by atoms with Crippen LogP contribution in [0.3, 0.4) is 0 Å². The van der Waals surface area contributed by atoms with Crippen molar-refractivity contribution in [2.75, 3.05) is 28.2 Å². The molecule has 1 N–H and O–H groups in total. The number of urea groups is 2. The fourth-order valence-corrected chi connectivity index (χ4v) is 1.36. The summed E-state index contributed by atoms with van der Waals surface area (Å²) in [5, 5.41) is 6.33. The monoisotopic (exact) mass is 330 g/mol. The van der Waals surface area contributed by atoms with Crippen LogP contribution in [0.1, 0.15) is 0 Å². The van der Waals surface area contributed by atoms with Gasteiger partial charge in [-0.3, -0.25) is 4.55 Å². The lowest BCUT2D eigenvalue weighted by molar-refractivity contribution is 0.218. The van der Waals surface area contributed by atoms with Gasteiger partial charge in [-0.15, -0.1) is 0 Å². The maximum atomic E-state index is 10.8. The van der Waals surface area contributed by atoms with E-state index in [1.807, 2.05) is 0 Å². The lowest BCUT2D eigenvalue weighted by atomic mass is 10.4. The minimum atomic E-state index is -4.00. The zero-order chi connectivity index (χ0) is 17.3. The molecule has 0 bridgehead atoms. The molecule has 9 nitrogen and oxygen atoms in total. The summed E-state index contributed by atoms with van der Waals surface area (Å²) in [6, 6.07) is 6.32. The van der Waals surface area contributed by atoms with Crippen molar-refractivity contribution in [3.05, 3.63) is 30.3 Å². The largest absolute Gasteiger partial charge is 0.361 e. The first-order valence-electron chi connectivity index (χ1n) is 5.92. The zero-order valence-electron chi connectivity index (χ0n) is 12.7. The zero-order valence-corrected chi connectivity index (χ0v) is 13.5. The average molecular weight is 330 g/mol. The average Bonchev–Trinajstić information content (AvgIpc) is 2.44. The van der Waals surface area contributed by atoms with Crippen LogP contribution in [0.2, 0.25) is 0 Å². The third-order valence-corrected chi connectivity index (χ3v) is 2.90. The summed E-state index contributed by atoms with van der Waals surface area (Å²) in [6.07, 6.45) is 0. The van der Waals surface area contributed by atoms with Crippen LogP contribution in [0.15, 0.2) is 45.5 Å². The number of hydrogen-bond acceptors (Lipinski definition) is 4. The third-order valence-electron chi connectivity index (χ3n) is 2.03. The lowest BCUT2D eigenvalue weighted by Crippen LogP contribution is -2.20. The van der Waals surface area contributed by atoms with E-state index in [9.17, 15) is 18.0 Å². The second-order valence-electron chi connectivity index (χ2n) is 4.34. The van der Waals surface area contributed by atoms with Crippen molar-refractivity contribution in [2.24, 2.45) is 10.2 Å². The fourth-order valence-electron chi connectivity index (χ4n) is 0.857. The molecule has 0 aliphatic heterocycles. The van der Waals surface area contributed by atoms with Crippen molar-refractivity contribution >= 4 is 22.2 Å². The Labute approximate surface area is 129 Å². The number of azo groups is 1. The number of carbonyl (C=O) groups is 2. The van der Waals surface area contributed by atoms with E-state index in [1.165, 1.54) is 50.1 Å². The Balaban J connectivity index is 0.000000406. The molecule has 1 rings (SSSR count). The molecule has 122 valence electrons. The minimum Gasteiger partial charge on any atom is -0.328 e. The highest BCUT2D eigenvalue weighted by Gasteiger charge is 2.06. The molecule has 10 heteroatoms. The van der Waals surface area contributed by atoms with Crippen LogP contribution in [0.5, 0.6) is 0 Å². The normalized spacial score (nSPS) is 10.6. The van der Waals surface area contributed by atoms with Crippen molar-refractivity contribution in [1.82, 2.24) is 9.80 Å². The minimum absolute atomic E-state index is 0.0741. The number of rotatable bonds is 1. The Bertz CT molecular complexity index is 604. The van der Waals surface area contributed by atoms with Gasteiger partial charge in [0.15, 0.2) is 0 Å². The highest BCUT2D eigenvalue weighted by atomic mass is 32.2. The van der Waals surface area contributed by atoms with Gasteiger partial charge in [-0.1, -0.05) is 28.4 Å². The van der Waals surface area contributed by atoms with Gasteiger partial charge >= 0.3 is 12.1 Å². The van der Waals surface area contributed by atoms with E-state index in [1.54, 1.807) is 18.2 Å². The summed E-state index contributed by atoms with van der Waals surface area (Å²) in [7, 11) is 2.11. The molecule has 1 aromatic carbocycles. The van der Waals surface area contributed by atoms with E-state index in [2.05, 4.69) is 10.2 Å². The number of benzene rings is 1. The first kappa shape index (κ1) is 19.7. The van der Waals surface area contributed by atoms with E-state index in [4.69, 9.17) is 4.55 Å². The van der Waals surface area contributed by atoms with Crippen molar-refractivity contribution in [1.29, 1.82) is 0 Å². The summed E-state index contributed by atoms with van der Waals surface area (Å²) in [4.78, 5) is 23.9. The fraction of sp³-hybridized carbons (Fsp3) is 0.333. The molecule has 0 radical (unpaired) electrons. The van der Waals surface area contributed by atoms with E-state index >= 15 is 0 Å². The van der Waals surface area contributed by atoms with Gasteiger partial charge in [0.25, 0.3) is 10.1 Å². The molecule has 0 fully saturated rings. The van der Waals surface area contributed by atoms with Crippen molar-refractivity contribution in [2.45, 2.75) is 4.90 Å². The van der Waals surface area contributed by atoms with Crippen LogP contribution in [-0.2, 0) is 10.1 Å². The lowest BCUT2D eigenvalue weighted by Gasteiger charge is -2.05. The van der Waals surface area contributed by atoms with Crippen LogP contribution < -0.4 is 0 Å². The Morgan fingerprint density at radius 2 is 1.27 bits per heavy atom. The number of nitrogens with zero attached hydrogens (tertiary/aromatic N) is 4. The summed E-state index contributed by atoms with van der Waals surface area (Å²) in [5.41, 5.74) is 0. The maximum absolute atomic E-state index is 10.8. The molecule has 1 aromatic rings. The van der Waals surface area contributed by atoms with E-state index in [0.717, 1.165) is 0 Å². The van der Waals surface area contributed by atoms with E-state index < -0.39 is 22.2 Å². The standard InChI is InChI=1S/C6H12N4O2.C6H6O3S/c1-9(2)5(11)7-8-6(12)10(3)4;7-10(8,9)6-4-2-1-3-5-6/h1-4H3;1-5H,(H,7,8,9). The molecule has 0 aliphatic rings. The summed E-state index contributed by atoms with van der Waals surface area (Å²) in [6.45, 7) is 0. The Morgan fingerprint density at radius 1 is 0.909 bits per heavy atom. The smallest absolute Gasteiger partial charge is 0.328 e. The number of carbonyl (C=O) groups excluding carboxylic acids is 2. The highest BCUT2D eigenvalue weighted by Crippen LogP contribution is 2.05. The molecule has 0 saturated carbocycles. The molecule has 0 spiro atoms. The molecule has 0 heterocycles. The van der Waals surface area contributed by atoms with Gasteiger partial charge in [0, 0.05) is 28.2 Å². The van der Waals surface area contributed by atoms with E-state index in [0.29, 0.717) is 0 Å². The SMILES string of the molecule is CN(C)C(=O)N=NC(=O)N(C)C.O=S(=O)(O)c1ccccc1. The summed E-state index contributed by atoms with van der Waals surface area (Å²) in [5.74, 6) is 0. The molecule has 22 heavy (non-hydrogen) atoms. The number of hydrogen-bond donors (Lipinski definition) is 1. The Hall–Kier alpha value is -2.33. The van der Waals surface area contributed by atoms with Gasteiger partial charge in [0.2, 0.25) is 0 Å². The van der Waals surface area contributed by atoms with Gasteiger partial charge in [0.05, 0.1) is 4.90 Å². The van der Waals surface area contributed by atoms with Gasteiger partial charge in [-0.25, -0.2) is 9.59 Å². The first-order valence-corrected chi connectivity index (χ1v) is 7.36. The topological polar surface area (TPSA) is 120 Å². The quantitative estimate of drug-likeness (QED) is 0.621. The summed E-state index contributed by atoms with van der Waals surface area (Å²) >= 11 is 0. The van der Waals surface area contributed by atoms with Crippen LogP contribution in [-0.4, -0.2) is 63.0 Å². The molecule has 0 aliphatic carbocycles. The molecular weight excluding hydrogens is 312 g/mol. The van der Waals surface area contributed by atoms with Crippen LogP contribution in [0.4, 0.5) is 9.59 Å². The molecule has 0 unspecified atom stereocenters. The molecule has 0 saturated heterocycles. The molecular formula is C12H18N4O5S. The predicted molar refractivity (Wildman–Crippen MR) is 79.3 cm³/mol. The number of amides is 4. The second-order valence-corrected chi connectivity index (χ2v) is 5.76. The van der Waals surface area contributed by atoms with Gasteiger partial charge in [-0.2, -0.15) is 8.42 Å². The predicted octanol–water partition coefficient (Wildman–Crippen LogP) is 1.74. The van der Waals surface area contributed by atoms with Gasteiger partial charge in [0.1, 0.15) is 0 Å². The second kappa shape index (κ2) is 8.85. The third kappa shape index (κ3) is 8.07. The van der Waals surface area contributed by atoms with Gasteiger partial charge in [-0.05, 0) is 12.1 Å². The van der Waals surface area contributed by atoms with Crippen molar-refractivity contribution in [3.63, 3.8) is 0 Å². The van der Waals surface area contributed by atoms with Crippen molar-refractivity contribution in [3.8, 4) is 0 Å². The van der Waals surface area contributed by atoms with Crippen LogP contribution in [0, 0.1) is 0 Å². The van der Waals surface area contributed by atoms with Crippen LogP contribution >= 0.6 is 0 Å². The molecule has 0 aromatic heterocycles. The Kier molecular flexibility index (Phi) is 7.91.